The van der Waals surface area contributed by atoms with E-state index >= 15 is 0 Å². The monoisotopic (exact) mass is 207 g/mol. The fraction of sp³-hybridized carbons (Fsp3) is 0.875. The Morgan fingerprint density at radius 2 is 2.38 bits per heavy atom. The SMILES string of the molecule is Cl.O=C(O)C12CCCC(COC1)N2. The molecule has 13 heavy (non-hydrogen) atoms. The number of hydrogen-bond acceptors (Lipinski definition) is 3. The first-order valence-corrected chi connectivity index (χ1v) is 4.32. The van der Waals surface area contributed by atoms with E-state index in [9.17, 15) is 4.79 Å². The molecule has 2 aliphatic rings. The standard InChI is InChI=1S/C8H13NO3.ClH/c10-7(11)8-3-1-2-6(9-8)4-12-5-8;/h6,9H,1-5H2,(H,10,11);1H. The van der Waals surface area contributed by atoms with Crippen molar-refractivity contribution in [1.82, 2.24) is 5.32 Å². The molecule has 0 aliphatic carbocycles. The van der Waals surface area contributed by atoms with Gasteiger partial charge in [0.1, 0.15) is 5.54 Å². The highest BCUT2D eigenvalue weighted by molar-refractivity contribution is 5.85. The summed E-state index contributed by atoms with van der Waals surface area (Å²) in [5.41, 5.74) is -0.777. The van der Waals surface area contributed by atoms with Crippen LogP contribution >= 0.6 is 12.4 Å². The summed E-state index contributed by atoms with van der Waals surface area (Å²) in [6, 6.07) is 0.253. The maximum absolute atomic E-state index is 10.9. The molecule has 2 fully saturated rings. The summed E-state index contributed by atoms with van der Waals surface area (Å²) in [4.78, 5) is 10.9. The highest BCUT2D eigenvalue weighted by Gasteiger charge is 2.45. The molecule has 0 spiro atoms. The van der Waals surface area contributed by atoms with Gasteiger partial charge >= 0.3 is 5.97 Å². The smallest absolute Gasteiger partial charge is 0.326 e. The van der Waals surface area contributed by atoms with Gasteiger partial charge < -0.3 is 9.84 Å². The summed E-state index contributed by atoms with van der Waals surface area (Å²) in [7, 11) is 0. The van der Waals surface area contributed by atoms with Gasteiger partial charge in [0.25, 0.3) is 0 Å². The van der Waals surface area contributed by atoms with E-state index in [1.165, 1.54) is 0 Å². The van der Waals surface area contributed by atoms with Crippen molar-refractivity contribution in [3.8, 4) is 0 Å². The van der Waals surface area contributed by atoms with Gasteiger partial charge in [-0.3, -0.25) is 10.1 Å². The first-order valence-electron chi connectivity index (χ1n) is 4.32. The maximum atomic E-state index is 10.9. The highest BCUT2D eigenvalue weighted by Crippen LogP contribution is 2.26. The van der Waals surface area contributed by atoms with Gasteiger partial charge in [0.2, 0.25) is 0 Å². The van der Waals surface area contributed by atoms with Gasteiger partial charge in [-0.05, 0) is 19.3 Å². The molecule has 4 nitrogen and oxygen atoms in total. The van der Waals surface area contributed by atoms with E-state index in [4.69, 9.17) is 9.84 Å². The fourth-order valence-electron chi connectivity index (χ4n) is 2.03. The summed E-state index contributed by atoms with van der Waals surface area (Å²) in [5.74, 6) is -0.771. The quantitative estimate of drug-likeness (QED) is 0.654. The van der Waals surface area contributed by atoms with Gasteiger partial charge in [-0.1, -0.05) is 0 Å². The summed E-state index contributed by atoms with van der Waals surface area (Å²) in [6.45, 7) is 0.980. The van der Waals surface area contributed by atoms with Crippen LogP contribution < -0.4 is 5.32 Å². The van der Waals surface area contributed by atoms with Crippen LogP contribution in [0.5, 0.6) is 0 Å². The minimum absolute atomic E-state index is 0. The Labute approximate surface area is 83.1 Å². The summed E-state index contributed by atoms with van der Waals surface area (Å²) in [6.07, 6.45) is 2.72. The van der Waals surface area contributed by atoms with E-state index < -0.39 is 11.5 Å². The van der Waals surface area contributed by atoms with Crippen molar-refractivity contribution in [2.75, 3.05) is 13.2 Å². The number of morpholine rings is 1. The van der Waals surface area contributed by atoms with Crippen molar-refractivity contribution >= 4 is 18.4 Å². The Balaban J connectivity index is 0.000000845. The second-order valence-electron chi connectivity index (χ2n) is 3.64. The molecule has 0 amide bonds. The predicted molar refractivity (Wildman–Crippen MR) is 49.2 cm³/mol. The topological polar surface area (TPSA) is 58.6 Å². The lowest BCUT2D eigenvalue weighted by atomic mass is 9.85. The van der Waals surface area contributed by atoms with Crippen molar-refractivity contribution in [2.45, 2.75) is 30.8 Å². The van der Waals surface area contributed by atoms with Crippen molar-refractivity contribution in [3.63, 3.8) is 0 Å². The predicted octanol–water partition coefficient (Wildman–Crippen LogP) is 0.404. The molecule has 5 heteroatoms. The van der Waals surface area contributed by atoms with Crippen LogP contribution in [-0.4, -0.2) is 35.9 Å². The number of ether oxygens (including phenoxy) is 1. The number of aliphatic carboxylic acids is 1. The number of nitrogens with one attached hydrogen (secondary N) is 1. The van der Waals surface area contributed by atoms with Crippen LogP contribution in [0.25, 0.3) is 0 Å². The van der Waals surface area contributed by atoms with E-state index in [2.05, 4.69) is 5.32 Å². The lowest BCUT2D eigenvalue weighted by Gasteiger charge is -2.43. The first kappa shape index (κ1) is 10.8. The molecule has 0 radical (unpaired) electrons. The fourth-order valence-corrected chi connectivity index (χ4v) is 2.03. The molecule has 2 heterocycles. The van der Waals surface area contributed by atoms with Crippen molar-refractivity contribution < 1.29 is 14.6 Å². The van der Waals surface area contributed by atoms with Crippen LogP contribution in [0.1, 0.15) is 19.3 Å². The second-order valence-corrected chi connectivity index (χ2v) is 3.64. The van der Waals surface area contributed by atoms with Gasteiger partial charge in [0, 0.05) is 6.04 Å². The minimum atomic E-state index is -0.777. The molecule has 2 N–H and O–H groups in total. The molecule has 2 unspecified atom stereocenters. The molecule has 0 saturated carbocycles. The Morgan fingerprint density at radius 1 is 1.62 bits per heavy atom. The Morgan fingerprint density at radius 3 is 3.00 bits per heavy atom. The number of carboxylic acid groups (broad SMARTS) is 1. The number of carbonyl (C=O) groups is 1. The largest absolute Gasteiger partial charge is 0.480 e. The molecule has 2 aliphatic heterocycles. The number of halogens is 1. The first-order chi connectivity index (χ1) is 5.73. The zero-order valence-electron chi connectivity index (χ0n) is 7.28. The van der Waals surface area contributed by atoms with Crippen LogP contribution in [0.15, 0.2) is 0 Å². The average molecular weight is 208 g/mol. The molecular formula is C8H14ClNO3. The third-order valence-electron chi connectivity index (χ3n) is 2.71. The summed E-state index contributed by atoms with van der Waals surface area (Å²) in [5, 5.41) is 12.1. The van der Waals surface area contributed by atoms with Gasteiger partial charge in [-0.15, -0.1) is 12.4 Å². The van der Waals surface area contributed by atoms with Crippen LogP contribution in [0.2, 0.25) is 0 Å². The number of rotatable bonds is 1. The Bertz CT molecular complexity index is 200. The second kappa shape index (κ2) is 3.82. The lowest BCUT2D eigenvalue weighted by Crippen LogP contribution is -2.65. The lowest BCUT2D eigenvalue weighted by molar-refractivity contribution is -0.154. The molecule has 0 aromatic carbocycles. The molecule has 2 bridgehead atoms. The molecule has 76 valence electrons. The van der Waals surface area contributed by atoms with Gasteiger partial charge in [0.15, 0.2) is 0 Å². The van der Waals surface area contributed by atoms with Crippen LogP contribution in [0, 0.1) is 0 Å². The van der Waals surface area contributed by atoms with Crippen molar-refractivity contribution in [3.05, 3.63) is 0 Å². The van der Waals surface area contributed by atoms with Gasteiger partial charge in [-0.2, -0.15) is 0 Å². The summed E-state index contributed by atoms with van der Waals surface area (Å²) >= 11 is 0. The normalized spacial score (nSPS) is 37.7. The molecule has 0 aromatic rings. The third-order valence-corrected chi connectivity index (χ3v) is 2.71. The molecular weight excluding hydrogens is 194 g/mol. The maximum Gasteiger partial charge on any atom is 0.326 e. The number of piperidine rings is 1. The van der Waals surface area contributed by atoms with E-state index in [-0.39, 0.29) is 18.4 Å². The zero-order chi connectivity index (χ0) is 8.60. The van der Waals surface area contributed by atoms with Gasteiger partial charge in [-0.25, -0.2) is 0 Å². The van der Waals surface area contributed by atoms with E-state index in [0.717, 1.165) is 12.8 Å². The molecule has 2 rings (SSSR count). The van der Waals surface area contributed by atoms with Crippen molar-refractivity contribution in [2.24, 2.45) is 0 Å². The van der Waals surface area contributed by atoms with E-state index in [1.807, 2.05) is 0 Å². The van der Waals surface area contributed by atoms with Crippen LogP contribution in [0.4, 0.5) is 0 Å². The zero-order valence-corrected chi connectivity index (χ0v) is 8.10. The molecule has 2 atom stereocenters. The Kier molecular flexibility index (Phi) is 3.16. The average Bonchev–Trinajstić information content (AvgIpc) is 2.04. The third kappa shape index (κ3) is 1.80. The van der Waals surface area contributed by atoms with E-state index in [1.54, 1.807) is 0 Å². The highest BCUT2D eigenvalue weighted by atomic mass is 35.5. The minimum Gasteiger partial charge on any atom is -0.480 e. The molecule has 0 aromatic heterocycles. The molecule has 2 saturated heterocycles. The van der Waals surface area contributed by atoms with Crippen molar-refractivity contribution in [1.29, 1.82) is 0 Å². The number of hydrogen-bond donors (Lipinski definition) is 2. The number of carboxylic acids is 1. The van der Waals surface area contributed by atoms with Crippen LogP contribution in [-0.2, 0) is 9.53 Å². The van der Waals surface area contributed by atoms with Crippen LogP contribution in [0.3, 0.4) is 0 Å². The van der Waals surface area contributed by atoms with E-state index in [0.29, 0.717) is 19.6 Å². The summed E-state index contributed by atoms with van der Waals surface area (Å²) < 4.78 is 5.26. The number of fused-ring (bicyclic) bond motifs is 2. The Hall–Kier alpha value is -0.320. The van der Waals surface area contributed by atoms with Gasteiger partial charge in [0.05, 0.1) is 13.2 Å².